The van der Waals surface area contributed by atoms with E-state index in [0.717, 1.165) is 5.39 Å². The number of para-hydroxylation sites is 1. The van der Waals surface area contributed by atoms with Crippen LogP contribution in [0, 0.1) is 0 Å². The van der Waals surface area contributed by atoms with Crippen LogP contribution in [0.25, 0.3) is 11.0 Å². The Bertz CT molecular complexity index is 798. The molecule has 0 aliphatic rings. The first-order chi connectivity index (χ1) is 10.8. The van der Waals surface area contributed by atoms with E-state index in [1.54, 1.807) is 25.3 Å². The highest BCUT2D eigenvalue weighted by Crippen LogP contribution is 2.18. The van der Waals surface area contributed by atoms with Crippen LogP contribution in [0.1, 0.15) is 5.69 Å². The Morgan fingerprint density at radius 3 is 2.95 bits per heavy atom. The maximum Gasteiger partial charge on any atom is 0.319 e. The van der Waals surface area contributed by atoms with Gasteiger partial charge in [-0.3, -0.25) is 0 Å². The van der Waals surface area contributed by atoms with Crippen molar-refractivity contribution in [2.75, 3.05) is 12.4 Å². The number of urea groups is 1. The molecule has 0 atom stereocenters. The fraction of sp³-hybridized carbons (Fsp3) is 0.125. The molecule has 3 aromatic rings. The lowest BCUT2D eigenvalue weighted by Crippen LogP contribution is -2.28. The zero-order valence-corrected chi connectivity index (χ0v) is 12.0. The highest BCUT2D eigenvalue weighted by atomic mass is 16.5. The van der Waals surface area contributed by atoms with Gasteiger partial charge in [-0.15, -0.1) is 0 Å². The van der Waals surface area contributed by atoms with Crippen LogP contribution >= 0.6 is 0 Å². The molecule has 3 rings (SSSR count). The molecule has 0 bridgehead atoms. The lowest BCUT2D eigenvalue weighted by Gasteiger charge is -2.07. The molecule has 112 valence electrons. The summed E-state index contributed by atoms with van der Waals surface area (Å²) in [4.78, 5) is 11.9. The number of amides is 2. The van der Waals surface area contributed by atoms with Gasteiger partial charge in [0.25, 0.3) is 0 Å². The molecule has 0 unspecified atom stereocenters. The van der Waals surface area contributed by atoms with Gasteiger partial charge in [0.2, 0.25) is 0 Å². The van der Waals surface area contributed by atoms with Crippen LogP contribution in [0.5, 0.6) is 5.75 Å². The molecule has 0 spiro atoms. The van der Waals surface area contributed by atoms with Gasteiger partial charge < -0.3 is 19.9 Å². The fourth-order valence-electron chi connectivity index (χ4n) is 2.11. The summed E-state index contributed by atoms with van der Waals surface area (Å²) in [5.41, 5.74) is 2.05. The predicted molar refractivity (Wildman–Crippen MR) is 82.9 cm³/mol. The average Bonchev–Trinajstić information content (AvgIpc) is 2.96. The Kier molecular flexibility index (Phi) is 3.91. The minimum Gasteiger partial charge on any atom is -0.497 e. The Morgan fingerprint density at radius 2 is 2.09 bits per heavy atom. The summed E-state index contributed by atoms with van der Waals surface area (Å²) in [5, 5.41) is 10.3. The minimum atomic E-state index is -0.319. The number of carbonyl (C=O) groups is 1. The third kappa shape index (κ3) is 3.01. The zero-order valence-electron chi connectivity index (χ0n) is 12.0. The average molecular weight is 297 g/mol. The van der Waals surface area contributed by atoms with Crippen LogP contribution in [-0.4, -0.2) is 18.3 Å². The molecule has 0 radical (unpaired) electrons. The van der Waals surface area contributed by atoms with Crippen molar-refractivity contribution in [1.29, 1.82) is 0 Å². The number of hydrogen-bond donors (Lipinski definition) is 2. The third-order valence-electron chi connectivity index (χ3n) is 3.20. The van der Waals surface area contributed by atoms with Crippen molar-refractivity contribution in [2.24, 2.45) is 0 Å². The monoisotopic (exact) mass is 297 g/mol. The summed E-state index contributed by atoms with van der Waals surface area (Å²) in [7, 11) is 1.58. The summed E-state index contributed by atoms with van der Waals surface area (Å²) in [6.07, 6.45) is 0. The van der Waals surface area contributed by atoms with Gasteiger partial charge in [-0.1, -0.05) is 23.4 Å². The molecule has 1 heterocycles. The number of ether oxygens (including phenoxy) is 1. The van der Waals surface area contributed by atoms with Gasteiger partial charge >= 0.3 is 6.03 Å². The largest absolute Gasteiger partial charge is 0.497 e. The normalized spacial score (nSPS) is 10.4. The molecule has 2 amide bonds. The zero-order chi connectivity index (χ0) is 15.4. The standard InChI is InChI=1S/C16H15N3O3/c1-21-12-6-4-5-11(9-12)18-16(20)17-10-14-13-7-2-3-8-15(13)22-19-14/h2-9H,10H2,1H3,(H2,17,18,20). The molecule has 22 heavy (non-hydrogen) atoms. The maximum absolute atomic E-state index is 11.9. The highest BCUT2D eigenvalue weighted by Gasteiger charge is 2.09. The molecule has 0 aliphatic carbocycles. The SMILES string of the molecule is COc1cccc(NC(=O)NCc2noc3ccccc23)c1. The number of aromatic nitrogens is 1. The first-order valence-corrected chi connectivity index (χ1v) is 6.78. The molecular formula is C16H15N3O3. The van der Waals surface area contributed by atoms with E-state index in [2.05, 4.69) is 15.8 Å². The fourth-order valence-corrected chi connectivity index (χ4v) is 2.11. The molecular weight excluding hydrogens is 282 g/mol. The first-order valence-electron chi connectivity index (χ1n) is 6.78. The molecule has 0 saturated carbocycles. The van der Waals surface area contributed by atoms with Gasteiger partial charge in [0.15, 0.2) is 5.58 Å². The predicted octanol–water partition coefficient (Wildman–Crippen LogP) is 3.16. The first kappa shape index (κ1) is 13.9. The van der Waals surface area contributed by atoms with E-state index < -0.39 is 0 Å². The summed E-state index contributed by atoms with van der Waals surface area (Å²) in [5.74, 6) is 0.681. The number of methoxy groups -OCH3 is 1. The number of benzene rings is 2. The number of hydrogen-bond acceptors (Lipinski definition) is 4. The molecule has 0 fully saturated rings. The second-order valence-electron chi connectivity index (χ2n) is 4.67. The number of rotatable bonds is 4. The van der Waals surface area contributed by atoms with E-state index in [0.29, 0.717) is 22.7 Å². The van der Waals surface area contributed by atoms with Crippen molar-refractivity contribution in [2.45, 2.75) is 6.54 Å². The highest BCUT2D eigenvalue weighted by molar-refractivity contribution is 5.89. The van der Waals surface area contributed by atoms with Crippen LogP contribution in [0.3, 0.4) is 0 Å². The van der Waals surface area contributed by atoms with Gasteiger partial charge in [-0.05, 0) is 24.3 Å². The number of carbonyl (C=O) groups excluding carboxylic acids is 1. The van der Waals surface area contributed by atoms with Gasteiger partial charge in [0, 0.05) is 17.1 Å². The lowest BCUT2D eigenvalue weighted by atomic mass is 10.2. The minimum absolute atomic E-state index is 0.285. The number of nitrogens with one attached hydrogen (secondary N) is 2. The Morgan fingerprint density at radius 1 is 1.23 bits per heavy atom. The van der Waals surface area contributed by atoms with Gasteiger partial charge in [-0.25, -0.2) is 4.79 Å². The Balaban J connectivity index is 1.62. The maximum atomic E-state index is 11.9. The van der Waals surface area contributed by atoms with Crippen LogP contribution < -0.4 is 15.4 Å². The Hall–Kier alpha value is -3.02. The molecule has 0 aliphatic heterocycles. The summed E-state index contributed by atoms with van der Waals surface area (Å²) in [6, 6.07) is 14.3. The van der Waals surface area contributed by atoms with E-state index in [4.69, 9.17) is 9.26 Å². The second-order valence-corrected chi connectivity index (χ2v) is 4.67. The van der Waals surface area contributed by atoms with E-state index in [1.807, 2.05) is 30.3 Å². The topological polar surface area (TPSA) is 76.4 Å². The molecule has 6 heteroatoms. The van der Waals surface area contributed by atoms with Crippen molar-refractivity contribution in [3.8, 4) is 5.75 Å². The van der Waals surface area contributed by atoms with Gasteiger partial charge in [-0.2, -0.15) is 0 Å². The van der Waals surface area contributed by atoms with Crippen LogP contribution in [-0.2, 0) is 6.54 Å². The van der Waals surface area contributed by atoms with Crippen LogP contribution in [0.15, 0.2) is 53.1 Å². The molecule has 6 nitrogen and oxygen atoms in total. The number of fused-ring (bicyclic) bond motifs is 1. The Labute approximate surface area is 127 Å². The smallest absolute Gasteiger partial charge is 0.319 e. The van der Waals surface area contributed by atoms with E-state index in [1.165, 1.54) is 0 Å². The summed E-state index contributed by atoms with van der Waals surface area (Å²) < 4.78 is 10.3. The van der Waals surface area contributed by atoms with Crippen molar-refractivity contribution in [3.05, 3.63) is 54.2 Å². The van der Waals surface area contributed by atoms with Gasteiger partial charge in [0.05, 0.1) is 13.7 Å². The number of anilines is 1. The quantitative estimate of drug-likeness (QED) is 0.775. The molecule has 2 aromatic carbocycles. The van der Waals surface area contributed by atoms with Crippen molar-refractivity contribution < 1.29 is 14.1 Å². The van der Waals surface area contributed by atoms with Crippen LogP contribution in [0.4, 0.5) is 10.5 Å². The van der Waals surface area contributed by atoms with Gasteiger partial charge in [0.1, 0.15) is 11.4 Å². The molecule has 1 aromatic heterocycles. The van der Waals surface area contributed by atoms with Crippen molar-refractivity contribution >= 4 is 22.7 Å². The van der Waals surface area contributed by atoms with E-state index in [9.17, 15) is 4.79 Å². The summed E-state index contributed by atoms with van der Waals surface area (Å²) >= 11 is 0. The molecule has 0 saturated heterocycles. The van der Waals surface area contributed by atoms with E-state index in [-0.39, 0.29) is 12.6 Å². The molecule has 2 N–H and O–H groups in total. The second kappa shape index (κ2) is 6.17. The third-order valence-corrected chi connectivity index (χ3v) is 3.20. The number of nitrogens with zero attached hydrogens (tertiary/aromatic N) is 1. The summed E-state index contributed by atoms with van der Waals surface area (Å²) in [6.45, 7) is 0.285. The van der Waals surface area contributed by atoms with E-state index >= 15 is 0 Å². The van der Waals surface area contributed by atoms with Crippen LogP contribution in [0.2, 0.25) is 0 Å². The van der Waals surface area contributed by atoms with Crippen molar-refractivity contribution in [1.82, 2.24) is 10.5 Å². The van der Waals surface area contributed by atoms with Crippen molar-refractivity contribution in [3.63, 3.8) is 0 Å². The lowest BCUT2D eigenvalue weighted by molar-refractivity contribution is 0.251.